The Labute approximate surface area is 106 Å². The maximum Gasteiger partial charge on any atom is 0.466 e. The monoisotopic (exact) mass is 310 g/mol. The van der Waals surface area contributed by atoms with Crippen LogP contribution in [0.2, 0.25) is 0 Å². The topological polar surface area (TPSA) is 182 Å². The Morgan fingerprint density at radius 2 is 1.76 bits per heavy atom. The number of thioether (sulfide) groups is 1. The maximum atomic E-state index is 10.1. The van der Waals surface area contributed by atoms with Crippen molar-refractivity contribution in [1.29, 1.82) is 4.78 Å². The molecular formula is C5H15N2O7PS2. The summed E-state index contributed by atoms with van der Waals surface area (Å²) in [4.78, 5) is 31.6. The predicted molar refractivity (Wildman–Crippen MR) is 63.7 cm³/mol. The van der Waals surface area contributed by atoms with Crippen LogP contribution in [0.3, 0.4) is 0 Å². The highest BCUT2D eigenvalue weighted by atomic mass is 32.2. The minimum Gasteiger partial charge on any atom is -0.480 e. The highest BCUT2D eigenvalue weighted by Gasteiger charge is 2.08. The van der Waals surface area contributed by atoms with Gasteiger partial charge in [-0.05, 0) is 18.4 Å². The SMILES string of the molecule is CSCCC(N)C(=O)O.N=S=O.O=P(O)(O)O. The van der Waals surface area contributed by atoms with Crippen molar-refractivity contribution in [2.75, 3.05) is 12.0 Å². The third kappa shape index (κ3) is 49.7. The van der Waals surface area contributed by atoms with Crippen LogP contribution >= 0.6 is 19.6 Å². The van der Waals surface area contributed by atoms with Crippen LogP contribution in [0.5, 0.6) is 0 Å². The molecule has 0 fully saturated rings. The van der Waals surface area contributed by atoms with Gasteiger partial charge in [-0.2, -0.15) is 16.0 Å². The first-order valence-electron chi connectivity index (χ1n) is 3.81. The molecule has 0 aliphatic heterocycles. The minimum absolute atomic E-state index is 0.250. The molecule has 0 aliphatic carbocycles. The fraction of sp³-hybridized carbons (Fsp3) is 0.800. The lowest BCUT2D eigenvalue weighted by atomic mass is 10.2. The first kappa shape index (κ1) is 21.9. The molecule has 0 aromatic heterocycles. The van der Waals surface area contributed by atoms with Gasteiger partial charge in [-0.15, -0.1) is 0 Å². The number of hydrogen-bond donors (Lipinski definition) is 6. The first-order valence-corrected chi connectivity index (χ1v) is 7.51. The lowest BCUT2D eigenvalue weighted by Crippen LogP contribution is -2.30. The van der Waals surface area contributed by atoms with Crippen molar-refractivity contribution in [2.24, 2.45) is 5.73 Å². The Bertz CT molecular complexity index is 269. The van der Waals surface area contributed by atoms with E-state index in [-0.39, 0.29) is 11.5 Å². The Morgan fingerprint density at radius 3 is 1.94 bits per heavy atom. The van der Waals surface area contributed by atoms with Gasteiger partial charge in [0.05, 0.1) is 0 Å². The van der Waals surface area contributed by atoms with Gasteiger partial charge in [0.2, 0.25) is 0 Å². The molecular weight excluding hydrogens is 295 g/mol. The van der Waals surface area contributed by atoms with E-state index < -0.39 is 19.8 Å². The van der Waals surface area contributed by atoms with E-state index in [0.29, 0.717) is 6.42 Å². The Kier molecular flexibility index (Phi) is 17.8. The van der Waals surface area contributed by atoms with Gasteiger partial charge in [0.25, 0.3) is 0 Å². The molecule has 0 aliphatic rings. The molecule has 9 nitrogen and oxygen atoms in total. The molecule has 0 saturated carbocycles. The molecule has 0 rings (SSSR count). The number of hydrogen-bond acceptors (Lipinski definition) is 6. The molecule has 0 bridgehead atoms. The van der Waals surface area contributed by atoms with E-state index in [1.54, 1.807) is 11.8 Å². The van der Waals surface area contributed by atoms with Gasteiger partial charge < -0.3 is 25.5 Å². The van der Waals surface area contributed by atoms with Gasteiger partial charge in [-0.1, -0.05) is 0 Å². The van der Waals surface area contributed by atoms with Crippen LogP contribution in [-0.2, 0) is 20.8 Å². The summed E-state index contributed by atoms with van der Waals surface area (Å²) in [6, 6.07) is -0.683. The lowest BCUT2D eigenvalue weighted by Gasteiger charge is -2.02. The summed E-state index contributed by atoms with van der Waals surface area (Å²) in [6.07, 6.45) is 2.48. The normalized spacial score (nSPS) is 11.1. The molecule has 0 aromatic carbocycles. The Hall–Kier alpha value is -0.290. The smallest absolute Gasteiger partial charge is 0.466 e. The number of carboxylic acid groups (broad SMARTS) is 1. The number of carbonyl (C=O) groups is 1. The summed E-state index contributed by atoms with van der Waals surface area (Å²) in [7, 11) is -4.64. The van der Waals surface area contributed by atoms with E-state index >= 15 is 0 Å². The number of carboxylic acids is 1. The summed E-state index contributed by atoms with van der Waals surface area (Å²) in [6.45, 7) is 0. The molecule has 0 saturated heterocycles. The first-order chi connectivity index (χ1) is 7.59. The fourth-order valence-electron chi connectivity index (χ4n) is 0.368. The molecule has 1 atom stereocenters. The van der Waals surface area contributed by atoms with E-state index in [4.69, 9.17) is 39.1 Å². The average Bonchev–Trinajstić information content (AvgIpc) is 2.12. The van der Waals surface area contributed by atoms with Crippen molar-refractivity contribution in [3.8, 4) is 0 Å². The fourth-order valence-corrected chi connectivity index (χ4v) is 0.858. The van der Waals surface area contributed by atoms with Crippen LogP contribution in [-0.4, -0.2) is 48.0 Å². The number of aliphatic carboxylic acids is 1. The highest BCUT2D eigenvalue weighted by Crippen LogP contribution is 2.25. The van der Waals surface area contributed by atoms with Crippen molar-refractivity contribution in [3.05, 3.63) is 0 Å². The van der Waals surface area contributed by atoms with E-state index in [0.717, 1.165) is 5.75 Å². The quantitative estimate of drug-likeness (QED) is 0.361. The minimum atomic E-state index is -4.64. The summed E-state index contributed by atoms with van der Waals surface area (Å²) in [5, 5.41) is 8.27. The molecule has 1 unspecified atom stereocenters. The third-order valence-electron chi connectivity index (χ3n) is 0.950. The zero-order chi connectivity index (χ0) is 14.5. The molecule has 0 heterocycles. The van der Waals surface area contributed by atoms with Gasteiger partial charge in [0, 0.05) is 0 Å². The van der Waals surface area contributed by atoms with Gasteiger partial charge >= 0.3 is 13.8 Å². The van der Waals surface area contributed by atoms with Crippen molar-refractivity contribution in [1.82, 2.24) is 0 Å². The van der Waals surface area contributed by atoms with Crippen molar-refractivity contribution in [2.45, 2.75) is 12.5 Å². The van der Waals surface area contributed by atoms with E-state index in [1.165, 1.54) is 0 Å². The van der Waals surface area contributed by atoms with Crippen LogP contribution in [0.4, 0.5) is 0 Å². The van der Waals surface area contributed by atoms with Gasteiger partial charge in [0.15, 0.2) is 11.5 Å². The molecule has 17 heavy (non-hydrogen) atoms. The Balaban J connectivity index is -0.000000207. The molecule has 0 radical (unpaired) electrons. The van der Waals surface area contributed by atoms with Crippen molar-refractivity contribution < 1.29 is 33.4 Å². The summed E-state index contributed by atoms with van der Waals surface area (Å²) < 4.78 is 23.0. The lowest BCUT2D eigenvalue weighted by molar-refractivity contribution is -0.138. The number of rotatable bonds is 4. The second-order valence-electron chi connectivity index (χ2n) is 2.32. The van der Waals surface area contributed by atoms with Gasteiger partial charge in [-0.3, -0.25) is 4.79 Å². The van der Waals surface area contributed by atoms with Crippen LogP contribution in [0.25, 0.3) is 0 Å². The summed E-state index contributed by atoms with van der Waals surface area (Å²) in [5.74, 6) is -0.1000. The van der Waals surface area contributed by atoms with Crippen LogP contribution in [0, 0.1) is 4.78 Å². The molecule has 7 N–H and O–H groups in total. The summed E-state index contributed by atoms with van der Waals surface area (Å²) >= 11 is 1.35. The number of nitrogens with one attached hydrogen (secondary N) is 1. The predicted octanol–water partition coefficient (Wildman–Crippen LogP) is -0.815. The number of nitrogens with two attached hydrogens (primary N) is 1. The van der Waals surface area contributed by atoms with Gasteiger partial charge in [-0.25, -0.2) is 9.34 Å². The van der Waals surface area contributed by atoms with E-state index in [1.807, 2.05) is 6.26 Å². The second-order valence-corrected chi connectivity index (χ2v) is 4.50. The third-order valence-corrected chi connectivity index (χ3v) is 1.59. The largest absolute Gasteiger partial charge is 0.480 e. The maximum absolute atomic E-state index is 10.1. The molecule has 0 spiro atoms. The van der Waals surface area contributed by atoms with E-state index in [2.05, 4.69) is 0 Å². The van der Waals surface area contributed by atoms with Crippen LogP contribution in [0.1, 0.15) is 6.42 Å². The second kappa shape index (κ2) is 13.8. The zero-order valence-corrected chi connectivity index (χ0v) is 11.4. The zero-order valence-electron chi connectivity index (χ0n) is 8.85. The standard InChI is InChI=1S/C5H11NO2S.HNOS.H3O4P/c1-9-3-2-4(6)5(7)8;1-3-2;1-5(2,3)4/h4H,2-3,6H2,1H3,(H,7,8);1H;(H3,1,2,3,4). The number of phosphoric acid groups is 1. The Morgan fingerprint density at radius 1 is 1.47 bits per heavy atom. The summed E-state index contributed by atoms with van der Waals surface area (Å²) in [5.41, 5.74) is 5.19. The average molecular weight is 310 g/mol. The molecule has 0 aromatic rings. The molecule has 104 valence electrons. The van der Waals surface area contributed by atoms with Gasteiger partial charge in [0.1, 0.15) is 6.04 Å². The molecule has 12 heteroatoms. The van der Waals surface area contributed by atoms with Crippen LogP contribution < -0.4 is 5.73 Å². The highest BCUT2D eigenvalue weighted by molar-refractivity contribution is 7.98. The molecule has 0 amide bonds. The van der Waals surface area contributed by atoms with Crippen molar-refractivity contribution >= 4 is 37.0 Å². The van der Waals surface area contributed by atoms with Crippen LogP contribution in [0.15, 0.2) is 0 Å². The van der Waals surface area contributed by atoms with E-state index in [9.17, 15) is 4.79 Å². The van der Waals surface area contributed by atoms with Crippen molar-refractivity contribution in [3.63, 3.8) is 0 Å².